The minimum absolute atomic E-state index is 0.0251. The number of carbonyl (C=O) groups excluding carboxylic acids is 3. The zero-order valence-electron chi connectivity index (χ0n) is 33.0. The molecule has 4 heterocycles. The van der Waals surface area contributed by atoms with Crippen molar-refractivity contribution in [3.05, 3.63) is 90.3 Å². The van der Waals surface area contributed by atoms with Crippen LogP contribution in [0.5, 0.6) is 0 Å². The van der Waals surface area contributed by atoms with Gasteiger partial charge in [-0.3, -0.25) is 19.7 Å². The van der Waals surface area contributed by atoms with E-state index >= 15 is 8.78 Å². The number of aromatic nitrogens is 2. The number of anilines is 3. The first-order valence-corrected chi connectivity index (χ1v) is 21.2. The molecule has 2 saturated heterocycles. The van der Waals surface area contributed by atoms with Crippen LogP contribution in [-0.2, 0) is 14.4 Å². The van der Waals surface area contributed by atoms with E-state index < -0.39 is 11.9 Å². The summed E-state index contributed by atoms with van der Waals surface area (Å²) >= 11 is 0. The lowest BCUT2D eigenvalue weighted by molar-refractivity contribution is -0.133. The van der Waals surface area contributed by atoms with Crippen molar-refractivity contribution >= 4 is 35.0 Å². The molecule has 0 radical (unpaired) electrons. The molecular formula is C45H54F2N8O3. The number of benzene rings is 2. The highest BCUT2D eigenvalue weighted by Gasteiger charge is 2.32. The van der Waals surface area contributed by atoms with Crippen molar-refractivity contribution in [2.24, 2.45) is 11.8 Å². The Kier molecular flexibility index (Phi) is 12.4. The molecule has 2 saturated carbocycles. The van der Waals surface area contributed by atoms with Crippen LogP contribution in [0.2, 0.25) is 0 Å². The smallest absolute Gasteiger partial charge is 0.249 e. The summed E-state index contributed by atoms with van der Waals surface area (Å²) in [7, 11) is 0. The van der Waals surface area contributed by atoms with Gasteiger partial charge in [-0.15, -0.1) is 0 Å². The van der Waals surface area contributed by atoms with Crippen molar-refractivity contribution in [1.82, 2.24) is 25.5 Å². The number of imide groups is 1. The standard InChI is InChI=1S/C45H54F2N8O3/c46-38-26-35(49-40-16-17-41(56)52-44(40)58)14-15-37(38)30-18-22-54(23-19-30)28-29-10-12-33(13-11-29)50-43(57)32-7-4-8-34(24-32)51-45-48-27-39(47)42(53-45)31-6-5-9-36(25-31)55-20-2-1-3-21-55/h1-3,5-6,9,14-15,20,25-27,29-30,32-34,40,49H,4,7-8,10-13,16-19,21-24,28H2,(H,50,57)(H,48,51,53)(H,52,56,58)/t29?,32-,33?,34+,40?/m0/s1. The molecule has 4 N–H and O–H groups in total. The molecule has 3 aliphatic heterocycles. The maximum Gasteiger partial charge on any atom is 0.249 e. The lowest BCUT2D eigenvalue weighted by atomic mass is 9.82. The summed E-state index contributed by atoms with van der Waals surface area (Å²) in [4.78, 5) is 50.5. The predicted molar refractivity (Wildman–Crippen MR) is 221 cm³/mol. The largest absolute Gasteiger partial charge is 0.374 e. The molecule has 2 aromatic carbocycles. The maximum atomic E-state index is 15.2. The van der Waals surface area contributed by atoms with Crippen LogP contribution >= 0.6 is 0 Å². The Morgan fingerprint density at radius 1 is 0.879 bits per heavy atom. The number of likely N-dealkylation sites (tertiary alicyclic amines) is 1. The second-order valence-electron chi connectivity index (χ2n) is 16.8. The number of carbonyl (C=O) groups is 3. The van der Waals surface area contributed by atoms with E-state index in [-0.39, 0.29) is 59.6 Å². The SMILES string of the molecule is O=C1CCC(Nc2ccc(C3CCN(CC4CCC(NC(=O)[C@H]5CCC[C@@H](Nc6ncc(F)c(-c7cccc(N8C=CC=CC8)c7)n6)C5)CC4)CC3)c(F)c2)C(=O)N1. The van der Waals surface area contributed by atoms with Crippen LogP contribution in [0.1, 0.15) is 88.5 Å². The Morgan fingerprint density at radius 3 is 2.50 bits per heavy atom. The average Bonchev–Trinajstić information content (AvgIpc) is 3.24. The summed E-state index contributed by atoms with van der Waals surface area (Å²) in [6.07, 6.45) is 19.2. The second-order valence-corrected chi connectivity index (χ2v) is 16.8. The predicted octanol–water partition coefficient (Wildman–Crippen LogP) is 7.05. The summed E-state index contributed by atoms with van der Waals surface area (Å²) in [5.41, 5.74) is 3.17. The quantitative estimate of drug-likeness (QED) is 0.151. The van der Waals surface area contributed by atoms with Crippen molar-refractivity contribution in [1.29, 1.82) is 0 Å². The first-order valence-electron chi connectivity index (χ1n) is 21.2. The highest BCUT2D eigenvalue weighted by molar-refractivity contribution is 6.01. The Balaban J connectivity index is 0.761. The molecule has 2 aliphatic carbocycles. The highest BCUT2D eigenvalue weighted by Crippen LogP contribution is 2.34. The van der Waals surface area contributed by atoms with Gasteiger partial charge in [-0.2, -0.15) is 0 Å². The van der Waals surface area contributed by atoms with Gasteiger partial charge in [0.05, 0.1) is 6.20 Å². The van der Waals surface area contributed by atoms with Gasteiger partial charge in [0.1, 0.15) is 17.6 Å². The summed E-state index contributed by atoms with van der Waals surface area (Å²) in [5.74, 6) is -0.215. The van der Waals surface area contributed by atoms with Crippen LogP contribution in [0.3, 0.4) is 0 Å². The number of nitrogens with one attached hydrogen (secondary N) is 4. The number of nitrogens with zero attached hydrogens (tertiary/aromatic N) is 4. The third kappa shape index (κ3) is 9.74. The van der Waals surface area contributed by atoms with Gasteiger partial charge in [-0.05, 0) is 125 Å². The molecule has 1 aromatic heterocycles. The summed E-state index contributed by atoms with van der Waals surface area (Å²) in [5, 5.41) is 12.2. The number of amides is 3. The van der Waals surface area contributed by atoms with E-state index in [4.69, 9.17) is 0 Å². The summed E-state index contributed by atoms with van der Waals surface area (Å²) < 4.78 is 30.3. The molecule has 3 atom stereocenters. The molecule has 5 aliphatic rings. The molecule has 306 valence electrons. The molecule has 8 rings (SSSR count). The Labute approximate surface area is 339 Å². The minimum atomic E-state index is -0.540. The third-order valence-corrected chi connectivity index (χ3v) is 12.7. The van der Waals surface area contributed by atoms with Crippen LogP contribution in [0.15, 0.2) is 73.1 Å². The van der Waals surface area contributed by atoms with Crippen LogP contribution < -0.4 is 26.2 Å². The first kappa shape index (κ1) is 39.6. The van der Waals surface area contributed by atoms with Crippen molar-refractivity contribution < 1.29 is 23.2 Å². The Hall–Kier alpha value is -5.17. The number of allylic oxidation sites excluding steroid dienone is 2. The van der Waals surface area contributed by atoms with Gasteiger partial charge in [-0.1, -0.05) is 36.8 Å². The van der Waals surface area contributed by atoms with E-state index in [1.165, 1.54) is 12.3 Å². The van der Waals surface area contributed by atoms with Crippen LogP contribution in [0, 0.1) is 23.5 Å². The Morgan fingerprint density at radius 2 is 1.72 bits per heavy atom. The van der Waals surface area contributed by atoms with Gasteiger partial charge < -0.3 is 25.8 Å². The van der Waals surface area contributed by atoms with E-state index in [0.29, 0.717) is 36.0 Å². The van der Waals surface area contributed by atoms with Crippen molar-refractivity contribution in [3.63, 3.8) is 0 Å². The minimum Gasteiger partial charge on any atom is -0.374 e. The van der Waals surface area contributed by atoms with Gasteiger partial charge in [0.25, 0.3) is 0 Å². The van der Waals surface area contributed by atoms with E-state index in [9.17, 15) is 14.4 Å². The zero-order valence-corrected chi connectivity index (χ0v) is 33.0. The molecule has 13 heteroatoms. The molecule has 1 unspecified atom stereocenters. The molecule has 4 fully saturated rings. The fraction of sp³-hybridized carbons (Fsp3) is 0.489. The number of rotatable bonds is 11. The molecule has 11 nitrogen and oxygen atoms in total. The van der Waals surface area contributed by atoms with Gasteiger partial charge in [0.15, 0.2) is 5.82 Å². The zero-order chi connectivity index (χ0) is 40.0. The lowest BCUT2D eigenvalue weighted by Crippen LogP contribution is -2.47. The molecular weight excluding hydrogens is 739 g/mol. The summed E-state index contributed by atoms with van der Waals surface area (Å²) in [6.45, 7) is 3.64. The maximum absolute atomic E-state index is 15.2. The van der Waals surface area contributed by atoms with Gasteiger partial charge >= 0.3 is 0 Å². The van der Waals surface area contributed by atoms with E-state index in [1.54, 1.807) is 0 Å². The van der Waals surface area contributed by atoms with Gasteiger partial charge in [0.2, 0.25) is 23.7 Å². The highest BCUT2D eigenvalue weighted by atomic mass is 19.1. The molecule has 0 bridgehead atoms. The van der Waals surface area contributed by atoms with Crippen molar-refractivity contribution in [2.45, 2.75) is 101 Å². The van der Waals surface area contributed by atoms with Crippen molar-refractivity contribution in [3.8, 4) is 11.3 Å². The topological polar surface area (TPSA) is 132 Å². The van der Waals surface area contributed by atoms with Crippen LogP contribution in [-0.4, -0.2) is 76.9 Å². The van der Waals surface area contributed by atoms with Crippen LogP contribution in [0.25, 0.3) is 11.3 Å². The molecule has 58 heavy (non-hydrogen) atoms. The van der Waals surface area contributed by atoms with Crippen molar-refractivity contribution in [2.75, 3.05) is 41.7 Å². The number of hydrogen-bond acceptors (Lipinski definition) is 9. The van der Waals surface area contributed by atoms with E-state index in [0.717, 1.165) is 95.2 Å². The van der Waals surface area contributed by atoms with Gasteiger partial charge in [0, 0.05) is 60.7 Å². The Bertz CT molecular complexity index is 2030. The normalized spacial score (nSPS) is 25.6. The van der Waals surface area contributed by atoms with E-state index in [2.05, 4.69) is 47.1 Å². The summed E-state index contributed by atoms with van der Waals surface area (Å²) in [6, 6.07) is 12.5. The number of piperidine rings is 2. The van der Waals surface area contributed by atoms with E-state index in [1.807, 2.05) is 54.8 Å². The number of hydrogen-bond donors (Lipinski definition) is 4. The third-order valence-electron chi connectivity index (χ3n) is 12.7. The second kappa shape index (κ2) is 18.2. The lowest BCUT2D eigenvalue weighted by Gasteiger charge is -2.37. The first-order chi connectivity index (χ1) is 28.2. The molecule has 3 aromatic rings. The average molecular weight is 793 g/mol. The molecule has 3 amide bonds. The fourth-order valence-electron chi connectivity index (χ4n) is 9.45. The number of halogens is 2. The monoisotopic (exact) mass is 792 g/mol. The van der Waals surface area contributed by atoms with Gasteiger partial charge in [-0.25, -0.2) is 18.7 Å². The molecule has 0 spiro atoms. The fourth-order valence-corrected chi connectivity index (χ4v) is 9.45. The van der Waals surface area contributed by atoms with Crippen LogP contribution in [0.4, 0.5) is 26.1 Å².